The van der Waals surface area contributed by atoms with Gasteiger partial charge in [0.2, 0.25) is 6.41 Å². The van der Waals surface area contributed by atoms with Gasteiger partial charge in [-0.2, -0.15) is 0 Å². The zero-order valence-corrected chi connectivity index (χ0v) is 18.2. The molecule has 0 heterocycles. The summed E-state index contributed by atoms with van der Waals surface area (Å²) in [6, 6.07) is 11.9. The normalized spacial score (nSPS) is 10.6. The topological polar surface area (TPSA) is 38.3 Å². The van der Waals surface area contributed by atoms with Gasteiger partial charge in [-0.3, -0.25) is 4.79 Å². The van der Waals surface area contributed by atoms with Crippen molar-refractivity contribution in [2.45, 2.75) is 54.6 Å². The first kappa shape index (κ1) is 22.2. The summed E-state index contributed by atoms with van der Waals surface area (Å²) in [5, 5.41) is 2.71. The summed E-state index contributed by atoms with van der Waals surface area (Å²) in [6.45, 7) is 13.4. The fraction of sp³-hybridized carbons (Fsp3) is 0.409. The van der Waals surface area contributed by atoms with Crippen molar-refractivity contribution < 1.29 is 9.53 Å². The van der Waals surface area contributed by atoms with Crippen molar-refractivity contribution in [1.82, 2.24) is 0 Å². The van der Waals surface area contributed by atoms with Gasteiger partial charge in [0.05, 0.1) is 0 Å². The number of amides is 1. The molecule has 0 spiro atoms. The van der Waals surface area contributed by atoms with Crippen molar-refractivity contribution in [2.24, 2.45) is 5.41 Å². The fourth-order valence-electron chi connectivity index (χ4n) is 2.04. The van der Waals surface area contributed by atoms with Gasteiger partial charge < -0.3 is 10.1 Å². The van der Waals surface area contributed by atoms with Crippen LogP contribution in [0.3, 0.4) is 0 Å². The molecule has 0 fully saturated rings. The molecular formula is C22H30BrNO2. The highest BCUT2D eigenvalue weighted by atomic mass is 79.9. The Kier molecular flexibility index (Phi) is 8.86. The third kappa shape index (κ3) is 8.05. The first-order valence-electron chi connectivity index (χ1n) is 8.85. The Bertz CT molecular complexity index is 680. The highest BCUT2D eigenvalue weighted by Crippen LogP contribution is 2.26. The fourth-order valence-corrected chi connectivity index (χ4v) is 2.31. The molecule has 26 heavy (non-hydrogen) atoms. The Morgan fingerprint density at radius 3 is 2.00 bits per heavy atom. The molecule has 2 rings (SSSR count). The summed E-state index contributed by atoms with van der Waals surface area (Å²) in [7, 11) is 0. The number of rotatable bonds is 5. The molecule has 0 saturated heterocycles. The van der Waals surface area contributed by atoms with Gasteiger partial charge >= 0.3 is 0 Å². The summed E-state index contributed by atoms with van der Waals surface area (Å²) in [5.74, 6) is 0.805. The van der Waals surface area contributed by atoms with Gasteiger partial charge in [-0.05, 0) is 60.2 Å². The van der Waals surface area contributed by atoms with E-state index < -0.39 is 0 Å². The van der Waals surface area contributed by atoms with E-state index in [-0.39, 0.29) is 0 Å². The molecular weight excluding hydrogens is 390 g/mol. The van der Waals surface area contributed by atoms with Gasteiger partial charge in [-0.15, -0.1) is 0 Å². The number of hydrogen-bond donors (Lipinski definition) is 1. The molecule has 1 amide bonds. The van der Waals surface area contributed by atoms with Gasteiger partial charge in [0.1, 0.15) is 12.4 Å². The minimum Gasteiger partial charge on any atom is -0.489 e. The minimum atomic E-state index is 0.520. The van der Waals surface area contributed by atoms with Gasteiger partial charge in [-0.25, -0.2) is 0 Å². The summed E-state index contributed by atoms with van der Waals surface area (Å²) >= 11 is 3.41. The average molecular weight is 420 g/mol. The van der Waals surface area contributed by atoms with E-state index in [4.69, 9.17) is 4.74 Å². The van der Waals surface area contributed by atoms with Crippen LogP contribution < -0.4 is 10.1 Å². The molecule has 0 radical (unpaired) electrons. The standard InChI is InChI=1S/C16H16BrNO2.C6H14/c1-11-7-15(8-12(2)16(11)18-10-19)20-9-13-3-5-14(17)6-4-13;1-5-6(2,3)4/h3-8,10H,9H2,1-2H3,(H,18,19);5H2,1-4H3. The van der Waals surface area contributed by atoms with E-state index in [1.807, 2.05) is 50.2 Å². The number of nitrogens with one attached hydrogen (secondary N) is 1. The van der Waals surface area contributed by atoms with Gasteiger partial charge in [0.25, 0.3) is 0 Å². The van der Waals surface area contributed by atoms with Crippen molar-refractivity contribution in [3.8, 4) is 5.75 Å². The number of ether oxygens (including phenoxy) is 1. The van der Waals surface area contributed by atoms with Crippen LogP contribution in [0.2, 0.25) is 0 Å². The maximum Gasteiger partial charge on any atom is 0.211 e. The molecule has 0 atom stereocenters. The zero-order valence-electron chi connectivity index (χ0n) is 16.7. The highest BCUT2D eigenvalue weighted by Gasteiger charge is 2.06. The minimum absolute atomic E-state index is 0.520. The number of carbonyl (C=O) groups is 1. The van der Waals surface area contributed by atoms with Crippen LogP contribution >= 0.6 is 15.9 Å². The lowest BCUT2D eigenvalue weighted by molar-refractivity contribution is -0.105. The third-order valence-electron chi connectivity index (χ3n) is 4.09. The Labute approximate surface area is 166 Å². The largest absolute Gasteiger partial charge is 0.489 e. The number of hydrogen-bond acceptors (Lipinski definition) is 2. The van der Waals surface area contributed by atoms with E-state index in [0.717, 1.165) is 32.6 Å². The Balaban J connectivity index is 0.000000487. The summed E-state index contributed by atoms with van der Waals surface area (Å²) < 4.78 is 6.85. The van der Waals surface area contributed by atoms with Crippen LogP contribution in [-0.4, -0.2) is 6.41 Å². The quantitative estimate of drug-likeness (QED) is 0.550. The number of anilines is 1. The SMILES string of the molecule is CCC(C)(C)C.Cc1cc(OCc2ccc(Br)cc2)cc(C)c1NC=O. The molecule has 0 aromatic heterocycles. The molecule has 0 saturated carbocycles. The second-order valence-corrected chi connectivity index (χ2v) is 8.44. The van der Waals surface area contributed by atoms with Crippen molar-refractivity contribution in [1.29, 1.82) is 0 Å². The predicted octanol–water partition coefficient (Wildman–Crippen LogP) is 6.66. The number of benzene rings is 2. The van der Waals surface area contributed by atoms with Crippen molar-refractivity contribution in [3.05, 3.63) is 57.6 Å². The molecule has 4 heteroatoms. The molecule has 142 valence electrons. The van der Waals surface area contributed by atoms with Crippen LogP contribution in [0, 0.1) is 19.3 Å². The molecule has 0 aliphatic rings. The smallest absolute Gasteiger partial charge is 0.211 e. The lowest BCUT2D eigenvalue weighted by atomic mass is 9.94. The Morgan fingerprint density at radius 1 is 1.08 bits per heavy atom. The first-order chi connectivity index (χ1) is 12.2. The van der Waals surface area contributed by atoms with Crippen molar-refractivity contribution in [3.63, 3.8) is 0 Å². The summed E-state index contributed by atoms with van der Waals surface area (Å²) in [4.78, 5) is 10.6. The molecule has 1 N–H and O–H groups in total. The molecule has 0 aliphatic heterocycles. The number of aryl methyl sites for hydroxylation is 2. The lowest BCUT2D eigenvalue weighted by Crippen LogP contribution is -2.01. The molecule has 0 bridgehead atoms. The van der Waals surface area contributed by atoms with Crippen molar-refractivity contribution >= 4 is 28.0 Å². The van der Waals surface area contributed by atoms with Crippen LogP contribution in [0.1, 0.15) is 50.8 Å². The Hall–Kier alpha value is -1.81. The molecule has 2 aromatic rings. The summed E-state index contributed by atoms with van der Waals surface area (Å²) in [6.07, 6.45) is 1.96. The monoisotopic (exact) mass is 419 g/mol. The predicted molar refractivity (Wildman–Crippen MR) is 114 cm³/mol. The first-order valence-corrected chi connectivity index (χ1v) is 9.64. The number of carbonyl (C=O) groups excluding carboxylic acids is 1. The van der Waals surface area contributed by atoms with Crippen LogP contribution in [0.5, 0.6) is 5.75 Å². The molecule has 0 aliphatic carbocycles. The van der Waals surface area contributed by atoms with E-state index in [1.54, 1.807) is 0 Å². The van der Waals surface area contributed by atoms with Crippen LogP contribution in [0.4, 0.5) is 5.69 Å². The zero-order chi connectivity index (χ0) is 19.7. The third-order valence-corrected chi connectivity index (χ3v) is 4.62. The molecule has 3 nitrogen and oxygen atoms in total. The average Bonchev–Trinajstić information content (AvgIpc) is 2.57. The van der Waals surface area contributed by atoms with Gasteiger partial charge in [-0.1, -0.05) is 62.2 Å². The van der Waals surface area contributed by atoms with E-state index >= 15 is 0 Å². The van der Waals surface area contributed by atoms with Gasteiger partial charge in [0.15, 0.2) is 0 Å². The van der Waals surface area contributed by atoms with E-state index in [1.165, 1.54) is 6.42 Å². The van der Waals surface area contributed by atoms with E-state index in [0.29, 0.717) is 18.4 Å². The maximum absolute atomic E-state index is 10.6. The van der Waals surface area contributed by atoms with Gasteiger partial charge in [0, 0.05) is 10.2 Å². The maximum atomic E-state index is 10.6. The van der Waals surface area contributed by atoms with Crippen LogP contribution in [0.25, 0.3) is 0 Å². The highest BCUT2D eigenvalue weighted by molar-refractivity contribution is 9.10. The lowest BCUT2D eigenvalue weighted by Gasteiger charge is -2.12. The Morgan fingerprint density at radius 2 is 1.58 bits per heavy atom. The number of halogens is 1. The van der Waals surface area contributed by atoms with Crippen molar-refractivity contribution in [2.75, 3.05) is 5.32 Å². The summed E-state index contributed by atoms with van der Waals surface area (Å²) in [5.41, 5.74) is 4.47. The molecule has 0 unspecified atom stereocenters. The second kappa shape index (κ2) is 10.4. The second-order valence-electron chi connectivity index (χ2n) is 7.52. The van der Waals surface area contributed by atoms with Crippen LogP contribution in [0.15, 0.2) is 40.9 Å². The molecule has 2 aromatic carbocycles. The van der Waals surface area contributed by atoms with E-state index in [2.05, 4.69) is 48.9 Å². The van der Waals surface area contributed by atoms with Crippen LogP contribution in [-0.2, 0) is 11.4 Å². The van der Waals surface area contributed by atoms with E-state index in [9.17, 15) is 4.79 Å².